The Balaban J connectivity index is 2.26. The summed E-state index contributed by atoms with van der Waals surface area (Å²) in [5, 5.41) is 0. The average molecular weight is 334 g/mol. The number of nitrogens with zero attached hydrogens (tertiary/aromatic N) is 1. The average Bonchev–Trinajstić information content (AvgIpc) is 3.29. The molecule has 0 spiro atoms. The summed E-state index contributed by atoms with van der Waals surface area (Å²) in [5.41, 5.74) is -0.847. The summed E-state index contributed by atoms with van der Waals surface area (Å²) in [6.07, 6.45) is -4.33. The van der Waals surface area contributed by atoms with Crippen LogP contribution < -0.4 is 5.56 Å². The number of hydrogen-bond donors (Lipinski definition) is 1. The minimum atomic E-state index is -4.51. The first-order valence-electron chi connectivity index (χ1n) is 6.93. The lowest BCUT2D eigenvalue weighted by Gasteiger charge is -2.23. The van der Waals surface area contributed by atoms with Gasteiger partial charge in [-0.3, -0.25) is 9.59 Å². The number of carbonyl (C=O) groups is 1. The van der Waals surface area contributed by atoms with Crippen molar-refractivity contribution in [3.05, 3.63) is 33.7 Å². The first kappa shape index (κ1) is 17.5. The second-order valence-corrected chi connectivity index (χ2v) is 5.24. The molecule has 1 amide bonds. The second-order valence-electron chi connectivity index (χ2n) is 5.24. The summed E-state index contributed by atoms with van der Waals surface area (Å²) in [4.78, 5) is 27.4. The van der Waals surface area contributed by atoms with E-state index in [1.165, 1.54) is 26.4 Å². The van der Waals surface area contributed by atoms with Gasteiger partial charge in [0.15, 0.2) is 6.29 Å². The van der Waals surface area contributed by atoms with Crippen LogP contribution in [0.2, 0.25) is 0 Å². The van der Waals surface area contributed by atoms with Crippen LogP contribution in [-0.4, -0.2) is 48.8 Å². The molecule has 1 heterocycles. The Labute approximate surface area is 130 Å². The van der Waals surface area contributed by atoms with Crippen molar-refractivity contribution in [2.45, 2.75) is 31.3 Å². The van der Waals surface area contributed by atoms with Crippen LogP contribution >= 0.6 is 0 Å². The highest BCUT2D eigenvalue weighted by Gasteiger charge is 2.41. The van der Waals surface area contributed by atoms with Crippen LogP contribution in [0.4, 0.5) is 13.2 Å². The minimum Gasteiger partial charge on any atom is -0.350 e. The lowest BCUT2D eigenvalue weighted by molar-refractivity contribution is -0.141. The molecule has 1 saturated carbocycles. The molecule has 1 aromatic rings. The van der Waals surface area contributed by atoms with Gasteiger partial charge >= 0.3 is 6.18 Å². The number of methoxy groups -OCH3 is 2. The number of amides is 1. The number of nitrogens with one attached hydrogen (secondary N) is 1. The first-order valence-corrected chi connectivity index (χ1v) is 6.93. The Kier molecular flexibility index (Phi) is 5.10. The maximum Gasteiger partial charge on any atom is 0.406 e. The molecular weight excluding hydrogens is 317 g/mol. The van der Waals surface area contributed by atoms with Gasteiger partial charge in [-0.2, -0.15) is 13.2 Å². The number of H-pyrrole nitrogens is 1. The zero-order chi connectivity index (χ0) is 17.2. The third kappa shape index (κ3) is 4.32. The van der Waals surface area contributed by atoms with Crippen molar-refractivity contribution < 1.29 is 27.4 Å². The van der Waals surface area contributed by atoms with Crippen molar-refractivity contribution in [3.63, 3.8) is 0 Å². The fourth-order valence-corrected chi connectivity index (χ4v) is 2.25. The number of carbonyl (C=O) groups excluding carboxylic acids is 1. The molecule has 23 heavy (non-hydrogen) atoms. The van der Waals surface area contributed by atoms with E-state index in [-0.39, 0.29) is 11.3 Å². The third-order valence-electron chi connectivity index (χ3n) is 3.44. The number of aromatic amines is 1. The zero-order valence-electron chi connectivity index (χ0n) is 12.6. The molecule has 1 fully saturated rings. The number of rotatable bonds is 6. The summed E-state index contributed by atoms with van der Waals surface area (Å²) in [6.45, 7) is -1.36. The van der Waals surface area contributed by atoms with Crippen LogP contribution in [0.1, 0.15) is 35.2 Å². The van der Waals surface area contributed by atoms with Gasteiger partial charge in [-0.05, 0) is 25.0 Å². The molecule has 1 aliphatic rings. The van der Waals surface area contributed by atoms with Crippen LogP contribution in [0.5, 0.6) is 0 Å². The summed E-state index contributed by atoms with van der Waals surface area (Å²) >= 11 is 0. The van der Waals surface area contributed by atoms with Crippen molar-refractivity contribution in [2.24, 2.45) is 0 Å². The maximum atomic E-state index is 12.6. The summed E-state index contributed by atoms with van der Waals surface area (Å²) in [7, 11) is 2.73. The van der Waals surface area contributed by atoms with E-state index in [1.54, 1.807) is 0 Å². The van der Waals surface area contributed by atoms with Gasteiger partial charge in [0.1, 0.15) is 12.1 Å². The number of hydrogen-bond acceptors (Lipinski definition) is 4. The monoisotopic (exact) mass is 334 g/mol. The zero-order valence-corrected chi connectivity index (χ0v) is 12.6. The molecule has 1 N–H and O–H groups in total. The molecule has 6 nitrogen and oxygen atoms in total. The molecule has 1 aliphatic carbocycles. The SMILES string of the molecule is COC(OC)c1ccc(C(=O)N(CC(F)(F)F)C2CC2)c(=O)[nH]1. The Hall–Kier alpha value is -1.87. The predicted molar refractivity (Wildman–Crippen MR) is 73.9 cm³/mol. The highest BCUT2D eigenvalue weighted by atomic mass is 19.4. The molecular formula is C14H17F3N2O4. The smallest absolute Gasteiger partial charge is 0.350 e. The maximum absolute atomic E-state index is 12.6. The van der Waals surface area contributed by atoms with Crippen LogP contribution in [0.15, 0.2) is 16.9 Å². The summed E-state index contributed by atoms with van der Waals surface area (Å²) in [5.74, 6) is -0.927. The molecule has 9 heteroatoms. The lowest BCUT2D eigenvalue weighted by atomic mass is 10.2. The summed E-state index contributed by atoms with van der Waals surface area (Å²) in [6, 6.07) is 2.10. The predicted octanol–water partition coefficient (Wildman–Crippen LogP) is 1.83. The molecule has 2 rings (SSSR count). The fraction of sp³-hybridized carbons (Fsp3) is 0.571. The van der Waals surface area contributed by atoms with Gasteiger partial charge in [-0.25, -0.2) is 0 Å². The first-order chi connectivity index (χ1) is 10.8. The van der Waals surface area contributed by atoms with Crippen LogP contribution in [0.3, 0.4) is 0 Å². The molecule has 0 bridgehead atoms. The van der Waals surface area contributed by atoms with Gasteiger partial charge < -0.3 is 19.4 Å². The minimum absolute atomic E-state index is 0.269. The number of alkyl halides is 3. The highest BCUT2D eigenvalue weighted by Crippen LogP contribution is 2.31. The van der Waals surface area contributed by atoms with Gasteiger partial charge in [0.25, 0.3) is 11.5 Å². The Bertz CT molecular complexity index is 621. The van der Waals surface area contributed by atoms with E-state index in [4.69, 9.17) is 9.47 Å². The van der Waals surface area contributed by atoms with Crippen LogP contribution in [0.25, 0.3) is 0 Å². The van der Waals surface area contributed by atoms with Gasteiger partial charge in [0, 0.05) is 20.3 Å². The molecule has 0 unspecified atom stereocenters. The van der Waals surface area contributed by atoms with Crippen molar-refractivity contribution in [3.8, 4) is 0 Å². The molecule has 0 aromatic carbocycles. The van der Waals surface area contributed by atoms with Gasteiger partial charge in [0.2, 0.25) is 0 Å². The highest BCUT2D eigenvalue weighted by molar-refractivity contribution is 5.94. The van der Waals surface area contributed by atoms with Gasteiger partial charge in [0.05, 0.1) is 5.69 Å². The van der Waals surface area contributed by atoms with E-state index in [0.717, 1.165) is 0 Å². The molecule has 0 aliphatic heterocycles. The Morgan fingerprint density at radius 1 is 1.35 bits per heavy atom. The number of pyridine rings is 1. The standard InChI is InChI=1S/C14H17F3N2O4/c1-22-13(23-2)10-6-5-9(11(20)18-10)12(21)19(8-3-4-8)7-14(15,16)17/h5-6,8,13H,3-4,7H2,1-2H3,(H,18,20). The number of ether oxygens (including phenoxy) is 2. The fourth-order valence-electron chi connectivity index (χ4n) is 2.25. The van der Waals surface area contributed by atoms with Crippen molar-refractivity contribution in [1.29, 1.82) is 0 Å². The van der Waals surface area contributed by atoms with E-state index in [2.05, 4.69) is 4.98 Å². The van der Waals surface area contributed by atoms with E-state index in [1.807, 2.05) is 0 Å². The van der Waals surface area contributed by atoms with Crippen LogP contribution in [-0.2, 0) is 9.47 Å². The van der Waals surface area contributed by atoms with Crippen LogP contribution in [0, 0.1) is 0 Å². The van der Waals surface area contributed by atoms with E-state index in [9.17, 15) is 22.8 Å². The van der Waals surface area contributed by atoms with E-state index < -0.39 is 36.5 Å². The second kappa shape index (κ2) is 6.71. The van der Waals surface area contributed by atoms with E-state index >= 15 is 0 Å². The molecule has 0 radical (unpaired) electrons. The molecule has 128 valence electrons. The quantitative estimate of drug-likeness (QED) is 0.806. The van der Waals surface area contributed by atoms with Crippen molar-refractivity contribution in [2.75, 3.05) is 20.8 Å². The summed E-state index contributed by atoms with van der Waals surface area (Å²) < 4.78 is 47.8. The largest absolute Gasteiger partial charge is 0.406 e. The Morgan fingerprint density at radius 3 is 2.39 bits per heavy atom. The molecule has 0 atom stereocenters. The van der Waals surface area contributed by atoms with Gasteiger partial charge in [-0.15, -0.1) is 0 Å². The lowest BCUT2D eigenvalue weighted by Crippen LogP contribution is -2.42. The van der Waals surface area contributed by atoms with Gasteiger partial charge in [-0.1, -0.05) is 0 Å². The van der Waals surface area contributed by atoms with Crippen molar-refractivity contribution >= 4 is 5.91 Å². The van der Waals surface area contributed by atoms with Crippen molar-refractivity contribution in [1.82, 2.24) is 9.88 Å². The molecule has 1 aromatic heterocycles. The van der Waals surface area contributed by atoms with E-state index in [0.29, 0.717) is 17.7 Å². The molecule has 0 saturated heterocycles. The topological polar surface area (TPSA) is 71.6 Å². The third-order valence-corrected chi connectivity index (χ3v) is 3.44. The number of halogens is 3. The Morgan fingerprint density at radius 2 is 1.96 bits per heavy atom. The normalized spacial score (nSPS) is 15.0. The number of aromatic nitrogens is 1.